The van der Waals surface area contributed by atoms with Crippen LogP contribution in [0.3, 0.4) is 0 Å². The number of esters is 2. The van der Waals surface area contributed by atoms with E-state index in [4.69, 9.17) is 9.47 Å². The Morgan fingerprint density at radius 3 is 2.02 bits per heavy atom. The lowest BCUT2D eigenvalue weighted by Crippen LogP contribution is -2.36. The first-order valence-corrected chi connectivity index (χ1v) is 14.6. The highest BCUT2D eigenvalue weighted by Crippen LogP contribution is 2.40. The van der Waals surface area contributed by atoms with Gasteiger partial charge in [0.1, 0.15) is 6.10 Å². The van der Waals surface area contributed by atoms with Gasteiger partial charge in [0.25, 0.3) is 5.69 Å². The number of nitro groups is 1. The number of nitrogens with zero attached hydrogens (tertiary/aromatic N) is 2. The molecule has 3 aromatic rings. The van der Waals surface area contributed by atoms with Crippen molar-refractivity contribution in [3.05, 3.63) is 134 Å². The summed E-state index contributed by atoms with van der Waals surface area (Å²) in [5.74, 6) is -1.92. The molecule has 44 heavy (non-hydrogen) atoms. The van der Waals surface area contributed by atoms with Crippen molar-refractivity contribution < 1.29 is 24.0 Å². The molecule has 9 nitrogen and oxygen atoms in total. The van der Waals surface area contributed by atoms with Gasteiger partial charge in [-0.3, -0.25) is 10.1 Å². The number of hydrogen-bond acceptors (Lipinski definition) is 8. The summed E-state index contributed by atoms with van der Waals surface area (Å²) in [6, 6.07) is 26.8. The zero-order chi connectivity index (χ0) is 31.8. The summed E-state index contributed by atoms with van der Waals surface area (Å²) < 4.78 is 11.0. The van der Waals surface area contributed by atoms with Crippen molar-refractivity contribution >= 4 is 17.6 Å². The molecule has 0 spiro atoms. The van der Waals surface area contributed by atoms with E-state index in [9.17, 15) is 19.7 Å². The van der Waals surface area contributed by atoms with Crippen molar-refractivity contribution in [2.75, 3.05) is 27.2 Å². The SMILES string of the molecule is COC(=O)C1=C(C)NC(C)=C(C(=O)OC(C)CN(C)CCC(c2ccccc2)c2ccccc2)C1c1cccc([N+](=O)[O-])c1. The van der Waals surface area contributed by atoms with Gasteiger partial charge >= 0.3 is 11.9 Å². The van der Waals surface area contributed by atoms with Gasteiger partial charge in [0.15, 0.2) is 0 Å². The predicted molar refractivity (Wildman–Crippen MR) is 169 cm³/mol. The molecule has 0 amide bonds. The van der Waals surface area contributed by atoms with Crippen LogP contribution in [0, 0.1) is 10.1 Å². The highest BCUT2D eigenvalue weighted by molar-refractivity contribution is 6.00. The normalized spacial score (nSPS) is 15.7. The fourth-order valence-electron chi connectivity index (χ4n) is 5.86. The van der Waals surface area contributed by atoms with E-state index in [0.717, 1.165) is 13.0 Å². The topological polar surface area (TPSA) is 111 Å². The molecule has 2 unspecified atom stereocenters. The third kappa shape index (κ3) is 7.60. The average molecular weight is 598 g/mol. The van der Waals surface area contributed by atoms with Crippen molar-refractivity contribution in [3.8, 4) is 0 Å². The van der Waals surface area contributed by atoms with E-state index >= 15 is 0 Å². The van der Waals surface area contributed by atoms with Crippen LogP contribution in [-0.2, 0) is 19.1 Å². The van der Waals surface area contributed by atoms with Crippen LogP contribution in [0.25, 0.3) is 0 Å². The highest BCUT2D eigenvalue weighted by atomic mass is 16.6. The van der Waals surface area contributed by atoms with E-state index in [2.05, 4.69) is 58.7 Å². The van der Waals surface area contributed by atoms with Crippen LogP contribution in [0.15, 0.2) is 107 Å². The Kier molecular flexibility index (Phi) is 10.7. The molecule has 1 N–H and O–H groups in total. The van der Waals surface area contributed by atoms with Gasteiger partial charge in [0.2, 0.25) is 0 Å². The average Bonchev–Trinajstić information content (AvgIpc) is 3.01. The second-order valence-corrected chi connectivity index (χ2v) is 11.1. The van der Waals surface area contributed by atoms with Crippen LogP contribution in [0.1, 0.15) is 55.7 Å². The molecule has 0 radical (unpaired) electrons. The molecule has 0 aliphatic carbocycles. The summed E-state index contributed by atoms with van der Waals surface area (Å²) in [5, 5.41) is 14.6. The van der Waals surface area contributed by atoms with Crippen LogP contribution in [0.5, 0.6) is 0 Å². The lowest BCUT2D eigenvalue weighted by atomic mass is 9.80. The maximum absolute atomic E-state index is 13.8. The molecule has 2 atom stereocenters. The quantitative estimate of drug-likeness (QED) is 0.152. The predicted octanol–water partition coefficient (Wildman–Crippen LogP) is 6.09. The number of non-ortho nitro benzene ring substituents is 1. The number of allylic oxidation sites excluding steroid dienone is 2. The van der Waals surface area contributed by atoms with Gasteiger partial charge in [-0.15, -0.1) is 0 Å². The summed E-state index contributed by atoms with van der Waals surface area (Å²) in [6.45, 7) is 6.52. The number of dihydropyridines is 1. The Bertz CT molecular complexity index is 1510. The van der Waals surface area contributed by atoms with Crippen LogP contribution in [-0.4, -0.2) is 55.1 Å². The van der Waals surface area contributed by atoms with Gasteiger partial charge in [-0.2, -0.15) is 0 Å². The lowest BCUT2D eigenvalue weighted by Gasteiger charge is -2.31. The third-order valence-electron chi connectivity index (χ3n) is 7.88. The van der Waals surface area contributed by atoms with Crippen molar-refractivity contribution in [1.82, 2.24) is 10.2 Å². The molecule has 1 heterocycles. The zero-order valence-electron chi connectivity index (χ0n) is 25.8. The Labute approximate surface area is 258 Å². The molecule has 0 saturated heterocycles. The lowest BCUT2D eigenvalue weighted by molar-refractivity contribution is -0.384. The van der Waals surface area contributed by atoms with Crippen molar-refractivity contribution in [2.24, 2.45) is 0 Å². The standard InChI is InChI=1S/C35H39N3O6/c1-23(22-37(4)20-19-30(26-13-8-6-9-14-26)27-15-10-7-11-16-27)44-35(40)32-25(3)36-24(2)31(34(39)43-5)33(32)28-17-12-18-29(21-28)38(41)42/h6-18,21,23,30,33,36H,19-20,22H2,1-5H3. The van der Waals surface area contributed by atoms with E-state index < -0.39 is 28.9 Å². The smallest absolute Gasteiger partial charge is 0.337 e. The monoisotopic (exact) mass is 597 g/mol. The Hall–Kier alpha value is -4.76. The number of likely N-dealkylation sites (N-methyl/N-ethyl adjacent to an activating group) is 1. The van der Waals surface area contributed by atoms with Crippen LogP contribution >= 0.6 is 0 Å². The van der Waals surface area contributed by atoms with Gasteiger partial charge in [0.05, 0.1) is 29.1 Å². The summed E-state index contributed by atoms with van der Waals surface area (Å²) in [5.41, 5.74) is 4.18. The summed E-state index contributed by atoms with van der Waals surface area (Å²) in [4.78, 5) is 39.8. The molecule has 4 rings (SSSR count). The number of rotatable bonds is 12. The number of nitrogens with one attached hydrogen (secondary N) is 1. The first-order chi connectivity index (χ1) is 21.1. The maximum atomic E-state index is 13.8. The first kappa shape index (κ1) is 32.2. The van der Waals surface area contributed by atoms with E-state index in [1.165, 1.54) is 36.4 Å². The number of methoxy groups -OCH3 is 1. The minimum atomic E-state index is -0.904. The number of benzene rings is 3. The molecule has 0 bridgehead atoms. The largest absolute Gasteiger partial charge is 0.466 e. The fourth-order valence-corrected chi connectivity index (χ4v) is 5.86. The molecule has 1 aliphatic rings. The van der Waals surface area contributed by atoms with Crippen LogP contribution in [0.2, 0.25) is 0 Å². The molecule has 230 valence electrons. The number of hydrogen-bond donors (Lipinski definition) is 1. The zero-order valence-corrected chi connectivity index (χ0v) is 25.8. The molecular weight excluding hydrogens is 558 g/mol. The van der Waals surface area contributed by atoms with E-state index in [1.807, 2.05) is 26.1 Å². The van der Waals surface area contributed by atoms with Gasteiger partial charge in [-0.25, -0.2) is 9.59 Å². The van der Waals surface area contributed by atoms with Gasteiger partial charge in [-0.1, -0.05) is 72.8 Å². The second-order valence-electron chi connectivity index (χ2n) is 11.1. The third-order valence-corrected chi connectivity index (χ3v) is 7.88. The highest BCUT2D eigenvalue weighted by Gasteiger charge is 2.38. The van der Waals surface area contributed by atoms with Crippen LogP contribution in [0.4, 0.5) is 5.69 Å². The number of nitro benzene ring substituents is 1. The molecule has 0 saturated carbocycles. The molecule has 9 heteroatoms. The van der Waals surface area contributed by atoms with Gasteiger partial charge < -0.3 is 19.7 Å². The number of carbonyl (C=O) groups excluding carboxylic acids is 2. The van der Waals surface area contributed by atoms with Crippen molar-refractivity contribution in [2.45, 2.75) is 45.1 Å². The van der Waals surface area contributed by atoms with E-state index in [0.29, 0.717) is 23.5 Å². The Balaban J connectivity index is 1.50. The van der Waals surface area contributed by atoms with E-state index in [-0.39, 0.29) is 22.8 Å². The summed E-state index contributed by atoms with van der Waals surface area (Å²) >= 11 is 0. The molecular formula is C35H39N3O6. The minimum Gasteiger partial charge on any atom is -0.466 e. The van der Waals surface area contributed by atoms with Gasteiger partial charge in [0, 0.05) is 36.0 Å². The first-order valence-electron chi connectivity index (χ1n) is 14.6. The minimum absolute atomic E-state index is 0.146. The van der Waals surface area contributed by atoms with Crippen LogP contribution < -0.4 is 5.32 Å². The Morgan fingerprint density at radius 2 is 1.48 bits per heavy atom. The van der Waals surface area contributed by atoms with Gasteiger partial charge in [-0.05, 0) is 57.5 Å². The second kappa shape index (κ2) is 14.6. The maximum Gasteiger partial charge on any atom is 0.337 e. The summed E-state index contributed by atoms with van der Waals surface area (Å²) in [7, 11) is 3.26. The molecule has 1 aliphatic heterocycles. The molecule has 3 aromatic carbocycles. The molecule has 0 aromatic heterocycles. The van der Waals surface area contributed by atoms with E-state index in [1.54, 1.807) is 19.9 Å². The van der Waals surface area contributed by atoms with Crippen molar-refractivity contribution in [1.29, 1.82) is 0 Å². The number of ether oxygens (including phenoxy) is 2. The summed E-state index contributed by atoms with van der Waals surface area (Å²) in [6.07, 6.45) is 0.403. The fraction of sp³-hybridized carbons (Fsp3) is 0.314. The Morgan fingerprint density at radius 1 is 0.909 bits per heavy atom. The number of carbonyl (C=O) groups is 2. The van der Waals surface area contributed by atoms with Crippen molar-refractivity contribution in [3.63, 3.8) is 0 Å². The molecule has 0 fully saturated rings.